The zero-order valence-corrected chi connectivity index (χ0v) is 12.0. The molecular weight excluding hydrogens is 298 g/mol. The van der Waals surface area contributed by atoms with Crippen molar-refractivity contribution in [3.63, 3.8) is 0 Å². The van der Waals surface area contributed by atoms with Crippen LogP contribution in [0.1, 0.15) is 10.4 Å². The topological polar surface area (TPSA) is 112 Å². The van der Waals surface area contributed by atoms with Crippen LogP contribution in [0.4, 0.5) is 11.6 Å². The number of carbonyl (C=O) groups is 1. The summed E-state index contributed by atoms with van der Waals surface area (Å²) in [5.74, 6) is -0.0484. The number of nitrogens with zero attached hydrogens (tertiary/aromatic N) is 3. The van der Waals surface area contributed by atoms with Gasteiger partial charge in [-0.25, -0.2) is 4.98 Å². The van der Waals surface area contributed by atoms with Crippen LogP contribution in [0.3, 0.4) is 0 Å². The van der Waals surface area contributed by atoms with Crippen LogP contribution in [-0.2, 0) is 0 Å². The molecule has 2 rings (SSSR count). The number of nitrogens with two attached hydrogens (primary N) is 1. The fourth-order valence-electron chi connectivity index (χ4n) is 1.46. The standard InChI is InChI=1S/C12H12ClN5O3/c1-20-8-4-9(21-2)17-12(16-8)18-11(19)7-3-6(14)5-15-10(7)13/h3-5H,14H2,1-2H3,(H,16,17,18,19). The first-order valence-corrected chi connectivity index (χ1v) is 6.10. The molecule has 0 fully saturated rings. The molecule has 0 aromatic carbocycles. The Morgan fingerprint density at radius 2 is 1.86 bits per heavy atom. The van der Waals surface area contributed by atoms with E-state index in [9.17, 15) is 4.79 Å². The predicted molar refractivity (Wildman–Crippen MR) is 76.7 cm³/mol. The Hall–Kier alpha value is -2.61. The van der Waals surface area contributed by atoms with Crippen molar-refractivity contribution in [1.82, 2.24) is 15.0 Å². The molecule has 0 spiro atoms. The fraction of sp³-hybridized carbons (Fsp3) is 0.167. The summed E-state index contributed by atoms with van der Waals surface area (Å²) in [4.78, 5) is 23.9. The molecule has 1 amide bonds. The number of aromatic nitrogens is 3. The maximum absolute atomic E-state index is 12.1. The normalized spacial score (nSPS) is 10.0. The Bertz CT molecular complexity index is 658. The number of ether oxygens (including phenoxy) is 2. The van der Waals surface area contributed by atoms with Crippen LogP contribution in [0.5, 0.6) is 11.8 Å². The van der Waals surface area contributed by atoms with Gasteiger partial charge in [0, 0.05) is 0 Å². The van der Waals surface area contributed by atoms with Crippen molar-refractivity contribution in [2.24, 2.45) is 0 Å². The third kappa shape index (κ3) is 3.48. The summed E-state index contributed by atoms with van der Waals surface area (Å²) >= 11 is 5.86. The van der Waals surface area contributed by atoms with Gasteiger partial charge in [0.2, 0.25) is 17.7 Å². The number of nitrogens with one attached hydrogen (secondary N) is 1. The molecule has 0 aliphatic rings. The summed E-state index contributed by atoms with van der Waals surface area (Å²) in [6.45, 7) is 0. The number of hydrogen-bond donors (Lipinski definition) is 2. The van der Waals surface area contributed by atoms with Gasteiger partial charge in [-0.2, -0.15) is 9.97 Å². The second-order valence-electron chi connectivity index (χ2n) is 3.84. The summed E-state index contributed by atoms with van der Waals surface area (Å²) in [6, 6.07) is 2.88. The zero-order valence-electron chi connectivity index (χ0n) is 11.3. The molecule has 2 aromatic heterocycles. The van der Waals surface area contributed by atoms with Crippen LogP contribution in [-0.4, -0.2) is 35.1 Å². The van der Waals surface area contributed by atoms with Gasteiger partial charge in [-0.05, 0) is 6.07 Å². The maximum Gasteiger partial charge on any atom is 0.261 e. The number of halogens is 1. The molecular formula is C12H12ClN5O3. The van der Waals surface area contributed by atoms with E-state index in [1.165, 1.54) is 32.5 Å². The highest BCUT2D eigenvalue weighted by Crippen LogP contribution is 2.20. The molecule has 2 heterocycles. The minimum Gasteiger partial charge on any atom is -0.481 e. The van der Waals surface area contributed by atoms with Crippen molar-refractivity contribution in [2.75, 3.05) is 25.3 Å². The third-order valence-corrected chi connectivity index (χ3v) is 2.73. The molecule has 0 saturated carbocycles. The molecule has 0 aliphatic heterocycles. The van der Waals surface area contributed by atoms with Crippen molar-refractivity contribution >= 4 is 29.1 Å². The number of pyridine rings is 1. The Morgan fingerprint density at radius 1 is 1.24 bits per heavy atom. The minimum atomic E-state index is -0.546. The van der Waals surface area contributed by atoms with E-state index in [4.69, 9.17) is 26.8 Å². The van der Waals surface area contributed by atoms with Crippen molar-refractivity contribution < 1.29 is 14.3 Å². The lowest BCUT2D eigenvalue weighted by Gasteiger charge is -2.08. The van der Waals surface area contributed by atoms with Gasteiger partial charge in [-0.1, -0.05) is 11.6 Å². The fourth-order valence-corrected chi connectivity index (χ4v) is 1.65. The smallest absolute Gasteiger partial charge is 0.261 e. The molecule has 0 unspecified atom stereocenters. The van der Waals surface area contributed by atoms with E-state index in [-0.39, 0.29) is 28.4 Å². The summed E-state index contributed by atoms with van der Waals surface area (Å²) in [5, 5.41) is 2.50. The average Bonchev–Trinajstić information content (AvgIpc) is 2.49. The average molecular weight is 310 g/mol. The summed E-state index contributed by atoms with van der Waals surface area (Å²) in [5.41, 5.74) is 6.00. The van der Waals surface area contributed by atoms with Gasteiger partial charge < -0.3 is 15.2 Å². The number of anilines is 2. The maximum atomic E-state index is 12.1. The molecule has 0 bridgehead atoms. The van der Waals surface area contributed by atoms with Crippen molar-refractivity contribution in [3.05, 3.63) is 29.0 Å². The van der Waals surface area contributed by atoms with Gasteiger partial charge in [0.25, 0.3) is 5.91 Å². The monoisotopic (exact) mass is 309 g/mol. The van der Waals surface area contributed by atoms with E-state index in [2.05, 4.69) is 20.3 Å². The number of methoxy groups -OCH3 is 2. The summed E-state index contributed by atoms with van der Waals surface area (Å²) in [6.07, 6.45) is 1.35. The number of amides is 1. The van der Waals surface area contributed by atoms with Crippen molar-refractivity contribution in [2.45, 2.75) is 0 Å². The molecule has 0 saturated heterocycles. The van der Waals surface area contributed by atoms with Gasteiger partial charge in [0.15, 0.2) is 0 Å². The van der Waals surface area contributed by atoms with Crippen LogP contribution in [0.25, 0.3) is 0 Å². The van der Waals surface area contributed by atoms with Crippen LogP contribution >= 0.6 is 11.6 Å². The van der Waals surface area contributed by atoms with Crippen LogP contribution in [0.2, 0.25) is 5.15 Å². The summed E-state index contributed by atoms with van der Waals surface area (Å²) in [7, 11) is 2.87. The van der Waals surface area contributed by atoms with Gasteiger partial charge in [0.05, 0.1) is 37.7 Å². The molecule has 21 heavy (non-hydrogen) atoms. The first kappa shape index (κ1) is 14.8. The highest BCUT2D eigenvalue weighted by molar-refractivity contribution is 6.33. The van der Waals surface area contributed by atoms with Crippen LogP contribution in [0.15, 0.2) is 18.3 Å². The van der Waals surface area contributed by atoms with E-state index in [1.54, 1.807) is 0 Å². The molecule has 0 aliphatic carbocycles. The van der Waals surface area contributed by atoms with Gasteiger partial charge in [-0.3, -0.25) is 10.1 Å². The zero-order chi connectivity index (χ0) is 15.4. The predicted octanol–water partition coefficient (Wildman–Crippen LogP) is 1.38. The molecule has 2 aromatic rings. The lowest BCUT2D eigenvalue weighted by atomic mass is 10.2. The Labute approximate surface area is 125 Å². The number of rotatable bonds is 4. The SMILES string of the molecule is COc1cc(OC)nc(NC(=O)c2cc(N)cnc2Cl)n1. The van der Waals surface area contributed by atoms with E-state index in [0.29, 0.717) is 5.69 Å². The Kier molecular flexibility index (Phi) is 4.39. The van der Waals surface area contributed by atoms with Crippen LogP contribution in [0, 0.1) is 0 Å². The molecule has 9 heteroatoms. The molecule has 3 N–H and O–H groups in total. The second-order valence-corrected chi connectivity index (χ2v) is 4.20. The van der Waals surface area contributed by atoms with Gasteiger partial charge >= 0.3 is 0 Å². The van der Waals surface area contributed by atoms with E-state index >= 15 is 0 Å². The molecule has 0 radical (unpaired) electrons. The highest BCUT2D eigenvalue weighted by atomic mass is 35.5. The van der Waals surface area contributed by atoms with Gasteiger partial charge in [0.1, 0.15) is 5.15 Å². The Morgan fingerprint density at radius 3 is 2.43 bits per heavy atom. The van der Waals surface area contributed by atoms with E-state index in [0.717, 1.165) is 0 Å². The summed E-state index contributed by atoms with van der Waals surface area (Å²) < 4.78 is 9.97. The van der Waals surface area contributed by atoms with Crippen LogP contribution < -0.4 is 20.5 Å². The highest BCUT2D eigenvalue weighted by Gasteiger charge is 2.15. The van der Waals surface area contributed by atoms with Gasteiger partial charge in [-0.15, -0.1) is 0 Å². The molecule has 8 nitrogen and oxygen atoms in total. The lowest BCUT2D eigenvalue weighted by molar-refractivity contribution is 0.102. The molecule has 110 valence electrons. The number of nitrogen functional groups attached to an aromatic ring is 1. The van der Waals surface area contributed by atoms with E-state index in [1.807, 2.05) is 0 Å². The largest absolute Gasteiger partial charge is 0.481 e. The van der Waals surface area contributed by atoms with Crippen molar-refractivity contribution in [1.29, 1.82) is 0 Å². The van der Waals surface area contributed by atoms with E-state index < -0.39 is 5.91 Å². The first-order chi connectivity index (χ1) is 10.0. The Balaban J connectivity index is 2.28. The number of hydrogen-bond acceptors (Lipinski definition) is 7. The lowest BCUT2D eigenvalue weighted by Crippen LogP contribution is -2.16. The molecule has 0 atom stereocenters. The second kappa shape index (κ2) is 6.23. The first-order valence-electron chi connectivity index (χ1n) is 5.73. The number of carbonyl (C=O) groups excluding carboxylic acids is 1. The quantitative estimate of drug-likeness (QED) is 0.820. The minimum absolute atomic E-state index is 0.00897. The third-order valence-electron chi connectivity index (χ3n) is 2.43. The van der Waals surface area contributed by atoms with Crippen molar-refractivity contribution in [3.8, 4) is 11.8 Å².